The van der Waals surface area contributed by atoms with Crippen LogP contribution in [0.4, 0.5) is 5.95 Å². The standard InChI is InChI=1S/C15H15N5O2/c1-8-18-19-15(20(8)11-4-5-11)17-14(21)10-3-6-12-13(7-10)22-9(2)16-12/h3,6-7,11H,4-5H2,1-2H3,(H,17,19,21). The Hall–Kier alpha value is -2.70. The van der Waals surface area contributed by atoms with Crippen LogP contribution >= 0.6 is 0 Å². The van der Waals surface area contributed by atoms with E-state index in [9.17, 15) is 4.79 Å². The Morgan fingerprint density at radius 3 is 2.91 bits per heavy atom. The van der Waals surface area contributed by atoms with Crippen LogP contribution < -0.4 is 5.32 Å². The van der Waals surface area contributed by atoms with Crippen LogP contribution in [0.25, 0.3) is 11.1 Å². The third kappa shape index (κ3) is 2.14. The highest BCUT2D eigenvalue weighted by molar-refractivity contribution is 6.05. The molecule has 1 aliphatic rings. The number of benzene rings is 1. The van der Waals surface area contributed by atoms with Crippen LogP contribution in [0.5, 0.6) is 0 Å². The van der Waals surface area contributed by atoms with Gasteiger partial charge in [-0.15, -0.1) is 10.2 Å². The van der Waals surface area contributed by atoms with Crippen LogP contribution in [0.15, 0.2) is 22.6 Å². The number of hydrogen-bond donors (Lipinski definition) is 1. The van der Waals surface area contributed by atoms with Crippen molar-refractivity contribution in [2.24, 2.45) is 0 Å². The maximum Gasteiger partial charge on any atom is 0.258 e. The van der Waals surface area contributed by atoms with Gasteiger partial charge in [-0.25, -0.2) is 4.98 Å². The normalized spacial score (nSPS) is 14.5. The van der Waals surface area contributed by atoms with Crippen LogP contribution in [-0.2, 0) is 0 Å². The second-order valence-corrected chi connectivity index (χ2v) is 5.54. The first-order chi connectivity index (χ1) is 10.6. The number of anilines is 1. The number of fused-ring (bicyclic) bond motifs is 1. The molecule has 0 unspecified atom stereocenters. The van der Waals surface area contributed by atoms with Crippen molar-refractivity contribution in [1.82, 2.24) is 19.7 Å². The van der Waals surface area contributed by atoms with E-state index in [2.05, 4.69) is 20.5 Å². The van der Waals surface area contributed by atoms with Gasteiger partial charge in [0.25, 0.3) is 5.91 Å². The molecular weight excluding hydrogens is 282 g/mol. The van der Waals surface area contributed by atoms with Crippen molar-refractivity contribution in [3.63, 3.8) is 0 Å². The van der Waals surface area contributed by atoms with Crippen molar-refractivity contribution in [2.45, 2.75) is 32.7 Å². The Kier molecular flexibility index (Phi) is 2.75. The van der Waals surface area contributed by atoms with Gasteiger partial charge in [0.2, 0.25) is 5.95 Å². The van der Waals surface area contributed by atoms with Crippen molar-refractivity contribution in [3.8, 4) is 0 Å². The quantitative estimate of drug-likeness (QED) is 0.803. The van der Waals surface area contributed by atoms with E-state index in [1.54, 1.807) is 25.1 Å². The summed E-state index contributed by atoms with van der Waals surface area (Å²) in [6.45, 7) is 3.67. The highest BCUT2D eigenvalue weighted by Gasteiger charge is 2.29. The highest BCUT2D eigenvalue weighted by Crippen LogP contribution is 2.37. The second-order valence-electron chi connectivity index (χ2n) is 5.54. The number of amides is 1. The molecule has 1 N–H and O–H groups in total. The second kappa shape index (κ2) is 4.66. The molecule has 2 heterocycles. The van der Waals surface area contributed by atoms with E-state index >= 15 is 0 Å². The molecular formula is C15H15N5O2. The first-order valence-electron chi connectivity index (χ1n) is 7.22. The molecule has 1 saturated carbocycles. The number of nitrogens with zero attached hydrogens (tertiary/aromatic N) is 4. The summed E-state index contributed by atoms with van der Waals surface area (Å²) in [4.78, 5) is 16.6. The zero-order valence-electron chi connectivity index (χ0n) is 12.3. The minimum absolute atomic E-state index is 0.231. The van der Waals surface area contributed by atoms with E-state index in [-0.39, 0.29) is 5.91 Å². The number of aryl methyl sites for hydroxylation is 2. The summed E-state index contributed by atoms with van der Waals surface area (Å²) < 4.78 is 7.44. The molecule has 7 nitrogen and oxygen atoms in total. The van der Waals surface area contributed by atoms with E-state index in [0.717, 1.165) is 24.2 Å². The molecule has 0 bridgehead atoms. The lowest BCUT2D eigenvalue weighted by atomic mass is 10.2. The topological polar surface area (TPSA) is 85.8 Å². The monoisotopic (exact) mass is 297 g/mol. The smallest absolute Gasteiger partial charge is 0.258 e. The van der Waals surface area contributed by atoms with Gasteiger partial charge in [-0.05, 0) is 38.0 Å². The van der Waals surface area contributed by atoms with E-state index < -0.39 is 0 Å². The lowest BCUT2D eigenvalue weighted by Crippen LogP contribution is -2.16. The van der Waals surface area contributed by atoms with Gasteiger partial charge in [-0.1, -0.05) is 0 Å². The molecule has 0 aliphatic heterocycles. The molecule has 22 heavy (non-hydrogen) atoms. The van der Waals surface area contributed by atoms with Gasteiger partial charge < -0.3 is 4.42 Å². The lowest BCUT2D eigenvalue weighted by Gasteiger charge is -2.08. The Morgan fingerprint density at radius 1 is 1.32 bits per heavy atom. The summed E-state index contributed by atoms with van der Waals surface area (Å²) in [5, 5.41) is 10.9. The minimum Gasteiger partial charge on any atom is -0.441 e. The maximum absolute atomic E-state index is 12.4. The third-order valence-electron chi connectivity index (χ3n) is 3.76. The van der Waals surface area contributed by atoms with E-state index in [1.165, 1.54) is 0 Å². The van der Waals surface area contributed by atoms with E-state index in [1.807, 2.05) is 11.5 Å². The zero-order chi connectivity index (χ0) is 15.3. The van der Waals surface area contributed by atoms with Crippen LogP contribution in [0, 0.1) is 13.8 Å². The fourth-order valence-electron chi connectivity index (χ4n) is 2.58. The van der Waals surface area contributed by atoms with Gasteiger partial charge in [-0.2, -0.15) is 0 Å². The maximum atomic E-state index is 12.4. The molecule has 1 amide bonds. The molecule has 0 radical (unpaired) electrons. The molecule has 1 aliphatic carbocycles. The number of oxazole rings is 1. The molecule has 0 saturated heterocycles. The predicted molar refractivity (Wildman–Crippen MR) is 79.7 cm³/mol. The molecule has 4 rings (SSSR count). The highest BCUT2D eigenvalue weighted by atomic mass is 16.3. The molecule has 112 valence electrons. The van der Waals surface area contributed by atoms with E-state index in [4.69, 9.17) is 4.42 Å². The van der Waals surface area contributed by atoms with Crippen LogP contribution in [0.2, 0.25) is 0 Å². The molecule has 7 heteroatoms. The number of aromatic nitrogens is 4. The molecule has 0 spiro atoms. The van der Waals surface area contributed by atoms with Crippen molar-refractivity contribution in [1.29, 1.82) is 0 Å². The molecule has 1 fully saturated rings. The predicted octanol–water partition coefficient (Wildman–Crippen LogP) is 2.62. The van der Waals surface area contributed by atoms with Crippen molar-refractivity contribution < 1.29 is 9.21 Å². The van der Waals surface area contributed by atoms with Crippen LogP contribution in [-0.4, -0.2) is 25.7 Å². The Morgan fingerprint density at radius 2 is 2.14 bits per heavy atom. The Balaban J connectivity index is 1.63. The first-order valence-corrected chi connectivity index (χ1v) is 7.22. The summed E-state index contributed by atoms with van der Waals surface area (Å²) in [6.07, 6.45) is 2.20. The number of nitrogens with one attached hydrogen (secondary N) is 1. The summed E-state index contributed by atoms with van der Waals surface area (Å²) in [7, 11) is 0. The zero-order valence-corrected chi connectivity index (χ0v) is 12.3. The van der Waals surface area contributed by atoms with Gasteiger partial charge in [-0.3, -0.25) is 14.7 Å². The summed E-state index contributed by atoms with van der Waals surface area (Å²) in [5.74, 6) is 1.67. The number of hydrogen-bond acceptors (Lipinski definition) is 5. The van der Waals surface area contributed by atoms with Gasteiger partial charge >= 0.3 is 0 Å². The largest absolute Gasteiger partial charge is 0.441 e. The average molecular weight is 297 g/mol. The first kappa shape index (κ1) is 13.0. The molecule has 0 atom stereocenters. The summed E-state index contributed by atoms with van der Waals surface area (Å²) in [5.41, 5.74) is 1.85. The summed E-state index contributed by atoms with van der Waals surface area (Å²) in [6, 6.07) is 5.60. The molecule has 2 aromatic heterocycles. The van der Waals surface area contributed by atoms with Crippen molar-refractivity contribution in [2.75, 3.05) is 5.32 Å². The van der Waals surface area contributed by atoms with Gasteiger partial charge in [0.05, 0.1) is 0 Å². The lowest BCUT2D eigenvalue weighted by molar-refractivity contribution is 0.102. The number of rotatable bonds is 3. The van der Waals surface area contributed by atoms with Gasteiger partial charge in [0.15, 0.2) is 11.5 Å². The van der Waals surface area contributed by atoms with Crippen molar-refractivity contribution in [3.05, 3.63) is 35.5 Å². The van der Waals surface area contributed by atoms with Crippen LogP contribution in [0.1, 0.15) is 41.0 Å². The van der Waals surface area contributed by atoms with Crippen LogP contribution in [0.3, 0.4) is 0 Å². The average Bonchev–Trinajstić information content (AvgIpc) is 3.15. The van der Waals surface area contributed by atoms with E-state index in [0.29, 0.717) is 29.0 Å². The fraction of sp³-hybridized carbons (Fsp3) is 0.333. The Bertz CT molecular complexity index is 875. The minimum atomic E-state index is -0.231. The third-order valence-corrected chi connectivity index (χ3v) is 3.76. The fourth-order valence-corrected chi connectivity index (χ4v) is 2.58. The van der Waals surface area contributed by atoms with Crippen molar-refractivity contribution >= 4 is 23.0 Å². The van der Waals surface area contributed by atoms with Gasteiger partial charge in [0, 0.05) is 18.5 Å². The number of carbonyl (C=O) groups is 1. The SMILES string of the molecule is Cc1nc2ccc(C(=O)Nc3nnc(C)n3C3CC3)cc2o1. The van der Waals surface area contributed by atoms with Gasteiger partial charge in [0.1, 0.15) is 11.3 Å². The molecule has 1 aromatic carbocycles. The Labute approximate surface area is 126 Å². The number of carbonyl (C=O) groups excluding carboxylic acids is 1. The summed E-state index contributed by atoms with van der Waals surface area (Å²) >= 11 is 0. The molecule has 3 aromatic rings.